The number of hydrogen-bond donors (Lipinski definition) is 12. The van der Waals surface area contributed by atoms with Crippen molar-refractivity contribution in [2.24, 2.45) is 0 Å². The van der Waals surface area contributed by atoms with Gasteiger partial charge >= 0.3 is 0 Å². The van der Waals surface area contributed by atoms with E-state index in [0.717, 1.165) is 96.3 Å². The topological polar surface area (TPSA) is 307 Å². The monoisotopic (exact) mass is 1390 g/mol. The van der Waals surface area contributed by atoms with Gasteiger partial charge in [-0.1, -0.05) is 258 Å². The summed E-state index contributed by atoms with van der Waals surface area (Å²) >= 11 is 0. The zero-order valence-corrected chi connectivity index (χ0v) is 60.0. The van der Waals surface area contributed by atoms with E-state index in [-0.39, 0.29) is 18.9 Å². The van der Waals surface area contributed by atoms with Crippen LogP contribution in [0, 0.1) is 0 Å². The molecule has 3 aliphatic rings. The summed E-state index contributed by atoms with van der Waals surface area (Å²) in [6.07, 6.45) is 53.5. The zero-order valence-electron chi connectivity index (χ0n) is 60.0. The van der Waals surface area contributed by atoms with E-state index in [1.165, 1.54) is 122 Å². The first-order chi connectivity index (χ1) is 47.8. The van der Waals surface area contributed by atoms with Crippen LogP contribution in [-0.4, -0.2) is 193 Å². The maximum absolute atomic E-state index is 13.4. The van der Waals surface area contributed by atoms with Crippen molar-refractivity contribution < 1.29 is 89.4 Å². The Balaban J connectivity index is 1.39. The molecule has 0 saturated carbocycles. The molecule has 0 radical (unpaired) electrons. The maximum Gasteiger partial charge on any atom is 0.220 e. The number of rotatable bonds is 58. The molecule has 3 heterocycles. The summed E-state index contributed by atoms with van der Waals surface area (Å²) in [4.78, 5) is 13.4. The van der Waals surface area contributed by atoms with E-state index in [1.807, 2.05) is 6.08 Å². The Kier molecular flexibility index (Phi) is 53.3. The van der Waals surface area contributed by atoms with Crippen molar-refractivity contribution in [3.8, 4) is 0 Å². The van der Waals surface area contributed by atoms with Gasteiger partial charge in [0.2, 0.25) is 5.91 Å². The first-order valence-electron chi connectivity index (χ1n) is 38.1. The number of unbranched alkanes of at least 4 members (excludes halogenated alkanes) is 26. The number of aliphatic hydroxyl groups excluding tert-OH is 11. The van der Waals surface area contributed by atoms with E-state index in [0.29, 0.717) is 12.8 Å². The minimum absolute atomic E-state index is 0.225. The van der Waals surface area contributed by atoms with Crippen molar-refractivity contribution in [1.82, 2.24) is 5.32 Å². The number of nitrogens with one attached hydrogen (secondary N) is 1. The second kappa shape index (κ2) is 58.9. The highest BCUT2D eigenvalue weighted by molar-refractivity contribution is 5.76. The second-order valence-electron chi connectivity index (χ2n) is 26.7. The molecule has 12 N–H and O–H groups in total. The first kappa shape index (κ1) is 88.7. The van der Waals surface area contributed by atoms with Gasteiger partial charge in [-0.15, -0.1) is 0 Å². The Hall–Kier alpha value is -3.55. The average Bonchev–Trinajstić information content (AvgIpc) is 0.782. The second-order valence-corrected chi connectivity index (χ2v) is 26.7. The van der Waals surface area contributed by atoms with Gasteiger partial charge in [0.05, 0.1) is 38.6 Å². The fraction of sp³-hybridized carbons (Fsp3) is 0.759. The van der Waals surface area contributed by atoms with Crippen molar-refractivity contribution in [3.63, 3.8) is 0 Å². The third-order valence-corrected chi connectivity index (χ3v) is 18.3. The molecule has 19 nitrogen and oxygen atoms in total. The lowest BCUT2D eigenvalue weighted by Gasteiger charge is -2.48. The smallest absolute Gasteiger partial charge is 0.220 e. The summed E-state index contributed by atoms with van der Waals surface area (Å²) in [5, 5.41) is 121. The van der Waals surface area contributed by atoms with E-state index in [2.05, 4.69) is 116 Å². The lowest BCUT2D eigenvalue weighted by Crippen LogP contribution is -2.66. The number of carbonyl (C=O) groups is 1. The Morgan fingerprint density at radius 3 is 1.14 bits per heavy atom. The molecule has 3 saturated heterocycles. The van der Waals surface area contributed by atoms with E-state index < -0.39 is 124 Å². The highest BCUT2D eigenvalue weighted by atomic mass is 16.8. The fourth-order valence-electron chi connectivity index (χ4n) is 12.2. The molecule has 0 aliphatic carbocycles. The number of carbonyl (C=O) groups excluding carboxylic acids is 1. The van der Waals surface area contributed by atoms with Gasteiger partial charge in [0.25, 0.3) is 0 Å². The minimum Gasteiger partial charge on any atom is -0.394 e. The molecule has 0 aromatic rings. The van der Waals surface area contributed by atoms with Crippen molar-refractivity contribution in [2.45, 2.75) is 356 Å². The van der Waals surface area contributed by atoms with E-state index in [4.69, 9.17) is 28.4 Å². The summed E-state index contributed by atoms with van der Waals surface area (Å²) in [6.45, 7) is 1.59. The molecule has 564 valence electrons. The quantitative estimate of drug-likeness (QED) is 0.0199. The number of amides is 1. The highest BCUT2D eigenvalue weighted by Crippen LogP contribution is 2.33. The standard InChI is InChI=1S/C79H135NO18/c1-3-5-7-9-11-13-15-17-19-21-23-25-26-27-28-29-30-31-32-33-34-35-36-37-39-41-43-45-47-49-51-53-55-57-67(85)80-62(63(84)56-54-52-50-48-46-44-42-40-38-24-22-20-18-16-14-12-10-8-6-4-2)61-93-77-73(91)70(88)75(65(59-82)95-77)98-79-74(92)71(89)76(66(60-83)96-79)97-78-72(90)69(87)68(86)64(58-81)94-78/h5,7,11,13,17,19,23,25,27-28,30-31,38,40,46,48,54,56,62-66,68-79,81-84,86-92H,3-4,6,8-10,12,14-16,18,20-22,24,26,29,32-37,39,41-45,47,49-53,55,57-61H2,1-2H3,(H,80,85)/b7-5-,13-11-,19-17-,25-23-,28-27-,31-30-,40-38+,48-46+,56-54+. The van der Waals surface area contributed by atoms with Crippen LogP contribution in [0.15, 0.2) is 109 Å². The molecular formula is C79H135NO18. The average molecular weight is 1390 g/mol. The highest BCUT2D eigenvalue weighted by Gasteiger charge is 2.53. The predicted octanol–water partition coefficient (Wildman–Crippen LogP) is 11.8. The molecule has 1 amide bonds. The SMILES string of the molecule is CC/C=C\C/C=C\C/C=C\C/C=C\C/C=C\C/C=C\CCCCCCCCCCCCCCCCC(=O)NC(COC1OC(CO)C(OC2OC(CO)C(OC3OC(CO)C(O)C(O)C3O)C(O)C2O)C(O)C1O)C(O)/C=C/CC/C=C/CC/C=C/CCCCCCCCCCCC. The van der Waals surface area contributed by atoms with Crippen LogP contribution in [-0.2, 0) is 33.2 Å². The zero-order chi connectivity index (χ0) is 71.1. The van der Waals surface area contributed by atoms with Gasteiger partial charge in [0, 0.05) is 6.42 Å². The van der Waals surface area contributed by atoms with Gasteiger partial charge in [-0.2, -0.15) is 0 Å². The molecule has 0 spiro atoms. The lowest BCUT2D eigenvalue weighted by molar-refractivity contribution is -0.379. The Morgan fingerprint density at radius 1 is 0.378 bits per heavy atom. The number of aliphatic hydroxyl groups is 11. The molecule has 17 atom stereocenters. The van der Waals surface area contributed by atoms with Gasteiger partial charge in [0.1, 0.15) is 73.2 Å². The Labute approximate surface area is 589 Å². The van der Waals surface area contributed by atoms with E-state index in [9.17, 15) is 61.0 Å². The van der Waals surface area contributed by atoms with Crippen molar-refractivity contribution in [1.29, 1.82) is 0 Å². The number of ether oxygens (including phenoxy) is 6. The van der Waals surface area contributed by atoms with Gasteiger partial charge in [-0.05, 0) is 96.3 Å². The summed E-state index contributed by atoms with van der Waals surface area (Å²) in [7, 11) is 0. The van der Waals surface area contributed by atoms with Crippen LogP contribution < -0.4 is 5.32 Å². The molecule has 98 heavy (non-hydrogen) atoms. The van der Waals surface area contributed by atoms with Gasteiger partial charge < -0.3 is 89.9 Å². The molecule has 0 aromatic heterocycles. The summed E-state index contributed by atoms with van der Waals surface area (Å²) in [6, 6.07) is -1.00. The van der Waals surface area contributed by atoms with Crippen LogP contribution in [0.3, 0.4) is 0 Å². The normalized spacial score (nSPS) is 27.4. The molecule has 3 rings (SSSR count). The minimum atomic E-state index is -1.99. The molecule has 3 aliphatic heterocycles. The van der Waals surface area contributed by atoms with Gasteiger partial charge in [-0.3, -0.25) is 4.79 Å². The summed E-state index contributed by atoms with van der Waals surface area (Å²) in [5.41, 5.74) is 0. The Bertz CT molecular complexity index is 2200. The predicted molar refractivity (Wildman–Crippen MR) is 387 cm³/mol. The molecule has 0 aromatic carbocycles. The van der Waals surface area contributed by atoms with Crippen molar-refractivity contribution >= 4 is 5.91 Å². The summed E-state index contributed by atoms with van der Waals surface area (Å²) < 4.78 is 34.4. The largest absolute Gasteiger partial charge is 0.394 e. The Morgan fingerprint density at radius 2 is 0.714 bits per heavy atom. The summed E-state index contributed by atoms with van der Waals surface area (Å²) in [5.74, 6) is -0.293. The number of hydrogen-bond acceptors (Lipinski definition) is 18. The molecule has 3 fully saturated rings. The van der Waals surface area contributed by atoms with Crippen molar-refractivity contribution in [3.05, 3.63) is 109 Å². The van der Waals surface area contributed by atoms with Gasteiger partial charge in [-0.25, -0.2) is 0 Å². The number of allylic oxidation sites excluding steroid dienone is 17. The van der Waals surface area contributed by atoms with Crippen LogP contribution in [0.4, 0.5) is 0 Å². The van der Waals surface area contributed by atoms with Crippen LogP contribution in [0.1, 0.15) is 251 Å². The third-order valence-electron chi connectivity index (χ3n) is 18.3. The third kappa shape index (κ3) is 39.2. The fourth-order valence-corrected chi connectivity index (χ4v) is 12.2. The van der Waals surface area contributed by atoms with Crippen LogP contribution in [0.25, 0.3) is 0 Å². The molecule has 19 heteroatoms. The molecule has 17 unspecified atom stereocenters. The van der Waals surface area contributed by atoms with E-state index >= 15 is 0 Å². The first-order valence-corrected chi connectivity index (χ1v) is 38.1. The maximum atomic E-state index is 13.4. The molecule has 0 bridgehead atoms. The van der Waals surface area contributed by atoms with Crippen LogP contribution in [0.2, 0.25) is 0 Å². The van der Waals surface area contributed by atoms with Crippen LogP contribution >= 0.6 is 0 Å². The lowest BCUT2D eigenvalue weighted by atomic mass is 9.96. The van der Waals surface area contributed by atoms with Gasteiger partial charge in [0.15, 0.2) is 18.9 Å². The van der Waals surface area contributed by atoms with Crippen LogP contribution in [0.5, 0.6) is 0 Å². The molecular weight excluding hydrogens is 1250 g/mol. The van der Waals surface area contributed by atoms with E-state index in [1.54, 1.807) is 6.08 Å². The van der Waals surface area contributed by atoms with Crippen molar-refractivity contribution in [2.75, 3.05) is 26.4 Å².